The molecule has 1 N–H and O–H groups in total. The summed E-state index contributed by atoms with van der Waals surface area (Å²) in [6, 6.07) is 8.88. The standard InChI is InChI=1S/C26H31ClFN5O2/c1-32-14-17-5-3-8-33(23(17)15-32)9-4-10-35-25-12-19-22(13-24(25)34-2)29-16-30-26(19)31-18-6-7-21(28)20(27)11-18/h6-7,11-13,16-17,23H,3-5,8-10,14-15H2,1-2H3,(H,29,30,31). The van der Waals surface area contributed by atoms with Crippen molar-refractivity contribution in [2.45, 2.75) is 25.3 Å². The van der Waals surface area contributed by atoms with Crippen LogP contribution in [0.2, 0.25) is 5.02 Å². The van der Waals surface area contributed by atoms with Gasteiger partial charge in [-0.1, -0.05) is 11.6 Å². The molecule has 186 valence electrons. The lowest BCUT2D eigenvalue weighted by Crippen LogP contribution is -2.45. The second-order valence-electron chi connectivity index (χ2n) is 9.43. The van der Waals surface area contributed by atoms with Crippen molar-refractivity contribution in [3.8, 4) is 11.5 Å². The van der Waals surface area contributed by atoms with Crippen molar-refractivity contribution in [1.29, 1.82) is 0 Å². The Labute approximate surface area is 210 Å². The van der Waals surface area contributed by atoms with Crippen molar-refractivity contribution in [3.63, 3.8) is 0 Å². The van der Waals surface area contributed by atoms with Crippen LogP contribution in [0.25, 0.3) is 10.9 Å². The lowest BCUT2D eigenvalue weighted by molar-refractivity contribution is 0.115. The molecule has 3 heterocycles. The van der Waals surface area contributed by atoms with Crippen LogP contribution in [-0.2, 0) is 0 Å². The Kier molecular flexibility index (Phi) is 7.22. The predicted octanol–water partition coefficient (Wildman–Crippen LogP) is 4.97. The smallest absolute Gasteiger partial charge is 0.162 e. The number of anilines is 2. The third-order valence-electron chi connectivity index (χ3n) is 7.03. The summed E-state index contributed by atoms with van der Waals surface area (Å²) in [5.74, 6) is 2.19. The topological polar surface area (TPSA) is 62.8 Å². The predicted molar refractivity (Wildman–Crippen MR) is 136 cm³/mol. The van der Waals surface area contributed by atoms with Gasteiger partial charge in [-0.2, -0.15) is 0 Å². The van der Waals surface area contributed by atoms with Crippen LogP contribution in [0.4, 0.5) is 15.9 Å². The van der Waals surface area contributed by atoms with Gasteiger partial charge in [0.1, 0.15) is 18.0 Å². The molecule has 7 nitrogen and oxygen atoms in total. The quantitative estimate of drug-likeness (QED) is 0.439. The van der Waals surface area contributed by atoms with Gasteiger partial charge in [0.05, 0.1) is 24.3 Å². The summed E-state index contributed by atoms with van der Waals surface area (Å²) in [4.78, 5) is 13.9. The molecule has 0 spiro atoms. The summed E-state index contributed by atoms with van der Waals surface area (Å²) in [5.41, 5.74) is 1.34. The second kappa shape index (κ2) is 10.5. The molecule has 2 unspecified atom stereocenters. The van der Waals surface area contributed by atoms with Crippen molar-refractivity contribution < 1.29 is 13.9 Å². The monoisotopic (exact) mass is 499 g/mol. The Bertz CT molecular complexity index is 1200. The van der Waals surface area contributed by atoms with Crippen molar-refractivity contribution in [3.05, 3.63) is 47.5 Å². The number of fused-ring (bicyclic) bond motifs is 2. The molecule has 0 bridgehead atoms. The van der Waals surface area contributed by atoms with E-state index in [1.165, 1.54) is 50.9 Å². The van der Waals surface area contributed by atoms with E-state index in [9.17, 15) is 4.39 Å². The summed E-state index contributed by atoms with van der Waals surface area (Å²) in [5, 5.41) is 4.02. The molecular formula is C26H31ClFN5O2. The summed E-state index contributed by atoms with van der Waals surface area (Å²) in [7, 11) is 3.85. The largest absolute Gasteiger partial charge is 0.493 e. The van der Waals surface area contributed by atoms with Crippen LogP contribution < -0.4 is 14.8 Å². The number of aromatic nitrogens is 2. The number of hydrogen-bond donors (Lipinski definition) is 1. The first-order chi connectivity index (χ1) is 17.0. The van der Waals surface area contributed by atoms with Crippen LogP contribution in [0.3, 0.4) is 0 Å². The first-order valence-corrected chi connectivity index (χ1v) is 12.5. The molecule has 2 atom stereocenters. The maximum absolute atomic E-state index is 13.6. The van der Waals surface area contributed by atoms with Gasteiger partial charge >= 0.3 is 0 Å². The average Bonchev–Trinajstić information content (AvgIpc) is 3.25. The van der Waals surface area contributed by atoms with E-state index in [2.05, 4.69) is 32.1 Å². The lowest BCUT2D eigenvalue weighted by Gasteiger charge is -2.37. The Morgan fingerprint density at radius 3 is 2.89 bits per heavy atom. The molecule has 0 aliphatic carbocycles. The van der Waals surface area contributed by atoms with E-state index in [0.717, 1.165) is 24.3 Å². The molecule has 9 heteroatoms. The fraction of sp³-hybridized carbons (Fsp3) is 0.462. The maximum Gasteiger partial charge on any atom is 0.162 e. The maximum atomic E-state index is 13.6. The van der Waals surface area contributed by atoms with Gasteiger partial charge in [-0.05, 0) is 63.0 Å². The number of methoxy groups -OCH3 is 1. The van der Waals surface area contributed by atoms with Crippen molar-refractivity contribution in [1.82, 2.24) is 19.8 Å². The molecule has 0 radical (unpaired) electrons. The highest BCUT2D eigenvalue weighted by Gasteiger charge is 2.37. The van der Waals surface area contributed by atoms with E-state index < -0.39 is 5.82 Å². The van der Waals surface area contributed by atoms with E-state index in [1.807, 2.05) is 12.1 Å². The van der Waals surface area contributed by atoms with Gasteiger partial charge in [0.25, 0.3) is 0 Å². The van der Waals surface area contributed by atoms with E-state index in [-0.39, 0.29) is 5.02 Å². The molecule has 2 aromatic carbocycles. The van der Waals surface area contributed by atoms with E-state index in [4.69, 9.17) is 21.1 Å². The van der Waals surface area contributed by atoms with Crippen molar-refractivity contribution in [2.75, 3.05) is 52.3 Å². The molecular weight excluding hydrogens is 469 g/mol. The number of ether oxygens (including phenoxy) is 2. The highest BCUT2D eigenvalue weighted by Crippen LogP contribution is 2.35. The molecule has 3 aromatic rings. The Balaban J connectivity index is 1.28. The average molecular weight is 500 g/mol. The molecule has 0 amide bonds. The fourth-order valence-electron chi connectivity index (χ4n) is 5.36. The SMILES string of the molecule is COc1cc2ncnc(Nc3ccc(F)c(Cl)c3)c2cc1OCCCN1CCCC2CN(C)CC21. The molecule has 35 heavy (non-hydrogen) atoms. The number of hydrogen-bond acceptors (Lipinski definition) is 7. The zero-order chi connectivity index (χ0) is 24.4. The molecule has 0 saturated carbocycles. The minimum Gasteiger partial charge on any atom is -0.493 e. The number of likely N-dealkylation sites (tertiary alicyclic amines) is 2. The summed E-state index contributed by atoms with van der Waals surface area (Å²) in [6.45, 7) is 5.18. The van der Waals surface area contributed by atoms with Gasteiger partial charge in [0.15, 0.2) is 11.5 Å². The van der Waals surface area contributed by atoms with Crippen molar-refractivity contribution in [2.24, 2.45) is 5.92 Å². The minimum absolute atomic E-state index is 0.0447. The van der Waals surface area contributed by atoms with E-state index in [1.54, 1.807) is 13.2 Å². The Hall–Kier alpha value is -2.68. The lowest BCUT2D eigenvalue weighted by atomic mass is 9.92. The van der Waals surface area contributed by atoms with Gasteiger partial charge < -0.3 is 19.7 Å². The zero-order valence-corrected chi connectivity index (χ0v) is 20.9. The van der Waals surface area contributed by atoms with Crippen LogP contribution >= 0.6 is 11.6 Å². The molecule has 2 aliphatic heterocycles. The molecule has 1 aromatic heterocycles. The van der Waals surface area contributed by atoms with Crippen LogP contribution in [0, 0.1) is 11.7 Å². The van der Waals surface area contributed by atoms with Gasteiger partial charge in [0.2, 0.25) is 0 Å². The van der Waals surface area contributed by atoms with Crippen molar-refractivity contribution >= 4 is 34.0 Å². The number of nitrogens with zero attached hydrogens (tertiary/aromatic N) is 4. The number of halogens is 2. The van der Waals surface area contributed by atoms with Gasteiger partial charge in [-0.3, -0.25) is 4.90 Å². The van der Waals surface area contributed by atoms with Crippen LogP contribution in [0.1, 0.15) is 19.3 Å². The molecule has 2 aliphatic rings. The summed E-state index contributed by atoms with van der Waals surface area (Å²) >= 11 is 5.94. The number of piperidine rings is 1. The van der Waals surface area contributed by atoms with Crippen LogP contribution in [-0.4, -0.2) is 72.8 Å². The first-order valence-electron chi connectivity index (χ1n) is 12.1. The number of benzene rings is 2. The number of rotatable bonds is 8. The number of nitrogens with one attached hydrogen (secondary N) is 1. The van der Waals surface area contributed by atoms with E-state index >= 15 is 0 Å². The van der Waals surface area contributed by atoms with Gasteiger partial charge in [0, 0.05) is 42.8 Å². The summed E-state index contributed by atoms with van der Waals surface area (Å²) < 4.78 is 25.3. The molecule has 2 fully saturated rings. The summed E-state index contributed by atoms with van der Waals surface area (Å²) in [6.07, 6.45) is 5.04. The molecule has 2 saturated heterocycles. The third-order valence-corrected chi connectivity index (χ3v) is 7.32. The normalized spacial score (nSPS) is 20.7. The minimum atomic E-state index is -0.467. The zero-order valence-electron chi connectivity index (χ0n) is 20.1. The molecule has 5 rings (SSSR count). The number of likely N-dealkylation sites (N-methyl/N-ethyl adjacent to an activating group) is 1. The second-order valence-corrected chi connectivity index (χ2v) is 9.83. The first kappa shape index (κ1) is 24.0. The third kappa shape index (κ3) is 5.29. The fourth-order valence-corrected chi connectivity index (χ4v) is 5.54. The highest BCUT2D eigenvalue weighted by atomic mass is 35.5. The Morgan fingerprint density at radius 1 is 1.17 bits per heavy atom. The van der Waals surface area contributed by atoms with E-state index in [0.29, 0.717) is 41.2 Å². The van der Waals surface area contributed by atoms with Crippen LogP contribution in [0.5, 0.6) is 11.5 Å². The Morgan fingerprint density at radius 2 is 2.06 bits per heavy atom. The van der Waals surface area contributed by atoms with Gasteiger partial charge in [-0.15, -0.1) is 0 Å². The van der Waals surface area contributed by atoms with Crippen LogP contribution in [0.15, 0.2) is 36.7 Å². The highest BCUT2D eigenvalue weighted by molar-refractivity contribution is 6.31. The van der Waals surface area contributed by atoms with Gasteiger partial charge in [-0.25, -0.2) is 14.4 Å².